The molecule has 0 radical (unpaired) electrons. The van der Waals surface area contributed by atoms with Crippen LogP contribution in [0.2, 0.25) is 0 Å². The number of hydrogen-bond acceptors (Lipinski definition) is 3. The molecule has 0 heterocycles. The zero-order valence-electron chi connectivity index (χ0n) is 13.8. The molecular formula is C16H25IN4O2. The van der Waals surface area contributed by atoms with Crippen LogP contribution in [0.5, 0.6) is 5.75 Å². The average Bonchev–Trinajstić information content (AvgIpc) is 3.25. The Morgan fingerprint density at radius 2 is 1.87 bits per heavy atom. The van der Waals surface area contributed by atoms with Crippen LogP contribution in [-0.2, 0) is 0 Å². The van der Waals surface area contributed by atoms with Gasteiger partial charge >= 0.3 is 0 Å². The van der Waals surface area contributed by atoms with Gasteiger partial charge in [0.15, 0.2) is 5.96 Å². The monoisotopic (exact) mass is 432 g/mol. The molecule has 1 fully saturated rings. The number of ether oxygens (including phenoxy) is 1. The first-order chi connectivity index (χ1) is 10.6. The Bertz CT molecular complexity index is 533. The van der Waals surface area contributed by atoms with Crippen molar-refractivity contribution in [3.8, 4) is 5.75 Å². The zero-order valence-corrected chi connectivity index (χ0v) is 16.1. The summed E-state index contributed by atoms with van der Waals surface area (Å²) in [4.78, 5) is 16.1. The van der Waals surface area contributed by atoms with Gasteiger partial charge in [-0.05, 0) is 36.6 Å². The maximum Gasteiger partial charge on any atom is 0.251 e. The average molecular weight is 432 g/mol. The number of nitrogens with zero attached hydrogens (tertiary/aromatic N) is 1. The lowest BCUT2D eigenvalue weighted by atomic mass is 10.2. The number of halogens is 1. The molecule has 3 N–H and O–H groups in total. The van der Waals surface area contributed by atoms with Gasteiger partial charge < -0.3 is 20.7 Å². The van der Waals surface area contributed by atoms with E-state index in [9.17, 15) is 4.79 Å². The van der Waals surface area contributed by atoms with E-state index in [-0.39, 0.29) is 29.9 Å². The number of hydrogen-bond donors (Lipinski definition) is 3. The van der Waals surface area contributed by atoms with Crippen LogP contribution < -0.4 is 20.7 Å². The van der Waals surface area contributed by atoms with Crippen LogP contribution >= 0.6 is 24.0 Å². The molecule has 2 atom stereocenters. The van der Waals surface area contributed by atoms with Crippen molar-refractivity contribution in [3.05, 3.63) is 29.8 Å². The number of guanidine groups is 1. The molecule has 1 saturated carbocycles. The Morgan fingerprint density at radius 1 is 1.26 bits per heavy atom. The van der Waals surface area contributed by atoms with Crippen LogP contribution in [0.25, 0.3) is 0 Å². The third kappa shape index (κ3) is 6.25. The summed E-state index contributed by atoms with van der Waals surface area (Å²) in [6, 6.07) is 7.57. The molecule has 2 rings (SSSR count). The molecular weight excluding hydrogens is 407 g/mol. The van der Waals surface area contributed by atoms with E-state index in [1.165, 1.54) is 6.42 Å². The second kappa shape index (κ2) is 9.59. The third-order valence-corrected chi connectivity index (χ3v) is 3.71. The van der Waals surface area contributed by atoms with E-state index < -0.39 is 0 Å². The van der Waals surface area contributed by atoms with Gasteiger partial charge in [0, 0.05) is 31.7 Å². The summed E-state index contributed by atoms with van der Waals surface area (Å²) in [6.45, 7) is 3.37. The number of methoxy groups -OCH3 is 1. The minimum atomic E-state index is -0.0942. The molecule has 1 aliphatic rings. The lowest BCUT2D eigenvalue weighted by molar-refractivity contribution is 0.0954. The topological polar surface area (TPSA) is 74.8 Å². The molecule has 0 bridgehead atoms. The fraction of sp³-hybridized carbons (Fsp3) is 0.500. The molecule has 0 spiro atoms. The van der Waals surface area contributed by atoms with Crippen molar-refractivity contribution in [2.75, 3.05) is 27.2 Å². The fourth-order valence-corrected chi connectivity index (χ4v) is 2.09. The summed E-state index contributed by atoms with van der Waals surface area (Å²) >= 11 is 0. The SMILES string of the molecule is CN=C(NCCNC(=O)c1ccc(OC)cc1)NC1CC1C.I. The van der Waals surface area contributed by atoms with E-state index in [2.05, 4.69) is 27.9 Å². The van der Waals surface area contributed by atoms with Crippen LogP contribution in [0.3, 0.4) is 0 Å². The van der Waals surface area contributed by atoms with Gasteiger partial charge in [-0.3, -0.25) is 9.79 Å². The summed E-state index contributed by atoms with van der Waals surface area (Å²) in [7, 11) is 3.35. The van der Waals surface area contributed by atoms with E-state index in [0.29, 0.717) is 30.6 Å². The van der Waals surface area contributed by atoms with E-state index >= 15 is 0 Å². The van der Waals surface area contributed by atoms with Crippen molar-refractivity contribution in [1.82, 2.24) is 16.0 Å². The molecule has 1 amide bonds. The summed E-state index contributed by atoms with van der Waals surface area (Å²) in [6.07, 6.45) is 1.19. The summed E-state index contributed by atoms with van der Waals surface area (Å²) < 4.78 is 5.07. The van der Waals surface area contributed by atoms with Crippen molar-refractivity contribution in [2.24, 2.45) is 10.9 Å². The number of benzene rings is 1. The van der Waals surface area contributed by atoms with Gasteiger partial charge in [0.05, 0.1) is 7.11 Å². The highest BCUT2D eigenvalue weighted by atomic mass is 127. The minimum Gasteiger partial charge on any atom is -0.497 e. The first kappa shape index (κ1) is 19.5. The number of nitrogens with one attached hydrogen (secondary N) is 3. The van der Waals surface area contributed by atoms with E-state index in [0.717, 1.165) is 11.7 Å². The third-order valence-electron chi connectivity index (χ3n) is 3.71. The van der Waals surface area contributed by atoms with Crippen LogP contribution in [0.1, 0.15) is 23.7 Å². The highest BCUT2D eigenvalue weighted by Gasteiger charge is 2.33. The molecule has 6 nitrogen and oxygen atoms in total. The Hall–Kier alpha value is -1.51. The number of carbonyl (C=O) groups is 1. The van der Waals surface area contributed by atoms with Crippen LogP contribution in [0, 0.1) is 5.92 Å². The van der Waals surface area contributed by atoms with Crippen molar-refractivity contribution < 1.29 is 9.53 Å². The standard InChI is InChI=1S/C16H24N4O2.HI/c1-11-10-14(11)20-16(17-2)19-9-8-18-15(21)12-4-6-13(22-3)7-5-12;/h4-7,11,14H,8-10H2,1-3H3,(H,18,21)(H2,17,19,20);1H. The largest absolute Gasteiger partial charge is 0.497 e. The molecule has 0 aliphatic heterocycles. The van der Waals surface area contributed by atoms with E-state index in [1.54, 1.807) is 38.4 Å². The number of carbonyl (C=O) groups excluding carboxylic acids is 1. The Kier molecular flexibility index (Phi) is 8.15. The second-order valence-electron chi connectivity index (χ2n) is 5.45. The van der Waals surface area contributed by atoms with Gasteiger partial charge in [0.25, 0.3) is 5.91 Å². The van der Waals surface area contributed by atoms with Crippen molar-refractivity contribution >= 4 is 35.8 Å². The number of rotatable bonds is 6. The van der Waals surface area contributed by atoms with Crippen molar-refractivity contribution in [2.45, 2.75) is 19.4 Å². The van der Waals surface area contributed by atoms with Gasteiger partial charge in [-0.15, -0.1) is 24.0 Å². The highest BCUT2D eigenvalue weighted by Crippen LogP contribution is 2.28. The molecule has 2 unspecified atom stereocenters. The lowest BCUT2D eigenvalue weighted by Crippen LogP contribution is -2.42. The first-order valence-electron chi connectivity index (χ1n) is 7.53. The van der Waals surface area contributed by atoms with Crippen LogP contribution in [0.15, 0.2) is 29.3 Å². The lowest BCUT2D eigenvalue weighted by Gasteiger charge is -2.12. The Balaban J connectivity index is 0.00000264. The fourth-order valence-electron chi connectivity index (χ4n) is 2.09. The molecule has 1 aromatic carbocycles. The summed E-state index contributed by atoms with van der Waals surface area (Å²) in [5.74, 6) is 2.15. The van der Waals surface area contributed by atoms with Gasteiger partial charge in [0.1, 0.15) is 5.75 Å². The van der Waals surface area contributed by atoms with E-state index in [4.69, 9.17) is 4.74 Å². The van der Waals surface area contributed by atoms with Gasteiger partial charge in [-0.25, -0.2) is 0 Å². The first-order valence-corrected chi connectivity index (χ1v) is 7.53. The quantitative estimate of drug-likeness (QED) is 0.277. The second-order valence-corrected chi connectivity index (χ2v) is 5.45. The molecule has 1 aliphatic carbocycles. The highest BCUT2D eigenvalue weighted by molar-refractivity contribution is 14.0. The molecule has 0 aromatic heterocycles. The predicted molar refractivity (Wildman–Crippen MR) is 103 cm³/mol. The Morgan fingerprint density at radius 3 is 2.39 bits per heavy atom. The molecule has 7 heteroatoms. The van der Waals surface area contributed by atoms with Crippen molar-refractivity contribution in [3.63, 3.8) is 0 Å². The van der Waals surface area contributed by atoms with Crippen LogP contribution in [-0.4, -0.2) is 45.2 Å². The molecule has 23 heavy (non-hydrogen) atoms. The molecule has 128 valence electrons. The zero-order chi connectivity index (χ0) is 15.9. The molecule has 1 aromatic rings. The summed E-state index contributed by atoms with van der Waals surface area (Å²) in [5.41, 5.74) is 0.620. The van der Waals surface area contributed by atoms with E-state index in [1.807, 2.05) is 0 Å². The van der Waals surface area contributed by atoms with Gasteiger partial charge in [-0.1, -0.05) is 6.92 Å². The van der Waals surface area contributed by atoms with Gasteiger partial charge in [-0.2, -0.15) is 0 Å². The maximum atomic E-state index is 12.0. The normalized spacial score (nSPS) is 19.3. The summed E-state index contributed by atoms with van der Waals surface area (Å²) in [5, 5.41) is 9.39. The van der Waals surface area contributed by atoms with Gasteiger partial charge in [0.2, 0.25) is 0 Å². The maximum absolute atomic E-state index is 12.0. The molecule has 0 saturated heterocycles. The minimum absolute atomic E-state index is 0. The number of amides is 1. The Labute approximate surface area is 154 Å². The number of aliphatic imine (C=N–C) groups is 1. The smallest absolute Gasteiger partial charge is 0.251 e. The van der Waals surface area contributed by atoms with Crippen molar-refractivity contribution in [1.29, 1.82) is 0 Å². The van der Waals surface area contributed by atoms with Crippen LogP contribution in [0.4, 0.5) is 0 Å². The predicted octanol–water partition coefficient (Wildman–Crippen LogP) is 1.62.